The summed E-state index contributed by atoms with van der Waals surface area (Å²) in [6, 6.07) is 7.47. The number of rotatable bonds is 12. The summed E-state index contributed by atoms with van der Waals surface area (Å²) in [5.74, 6) is 0.375. The summed E-state index contributed by atoms with van der Waals surface area (Å²) < 4.78 is 11.7. The molecule has 3 aromatic rings. The minimum Gasteiger partial charge on any atom is -0.491 e. The van der Waals surface area contributed by atoms with Gasteiger partial charge in [0.15, 0.2) is 5.13 Å². The number of amides is 1. The van der Waals surface area contributed by atoms with Crippen LogP contribution in [0.4, 0.5) is 5.13 Å². The molecule has 0 aliphatic carbocycles. The van der Waals surface area contributed by atoms with Crippen LogP contribution in [0.3, 0.4) is 0 Å². The first-order chi connectivity index (χ1) is 15.4. The monoisotopic (exact) mass is 475 g/mol. The summed E-state index contributed by atoms with van der Waals surface area (Å²) >= 11 is 3.00. The summed E-state index contributed by atoms with van der Waals surface area (Å²) in [6.45, 7) is 7.26. The molecule has 1 amide bonds. The van der Waals surface area contributed by atoms with E-state index in [1.54, 1.807) is 17.4 Å². The molecule has 0 saturated heterocycles. The first-order valence-electron chi connectivity index (χ1n) is 10.4. The molecule has 1 unspecified atom stereocenters. The fraction of sp³-hybridized carbons (Fsp3) is 0.391. The maximum atomic E-state index is 12.9. The molecule has 0 fully saturated rings. The number of anilines is 1. The van der Waals surface area contributed by atoms with Crippen molar-refractivity contribution in [1.29, 1.82) is 0 Å². The van der Waals surface area contributed by atoms with Crippen molar-refractivity contribution >= 4 is 33.7 Å². The van der Waals surface area contributed by atoms with Gasteiger partial charge in [-0.2, -0.15) is 11.3 Å². The van der Waals surface area contributed by atoms with Gasteiger partial charge in [-0.05, 0) is 66.9 Å². The van der Waals surface area contributed by atoms with Gasteiger partial charge in [-0.15, -0.1) is 11.3 Å². The van der Waals surface area contributed by atoms with Crippen molar-refractivity contribution in [3.8, 4) is 5.75 Å². The lowest BCUT2D eigenvalue weighted by molar-refractivity contribution is 0.102. The normalized spacial score (nSPS) is 12.2. The maximum absolute atomic E-state index is 12.9. The number of aliphatic hydroxyl groups is 1. The molecule has 0 radical (unpaired) electrons. The highest BCUT2D eigenvalue weighted by Crippen LogP contribution is 2.22. The van der Waals surface area contributed by atoms with E-state index in [1.165, 1.54) is 11.3 Å². The second-order valence-corrected chi connectivity index (χ2v) is 9.36. The third-order valence-corrected chi connectivity index (χ3v) is 5.93. The number of thiophene rings is 1. The van der Waals surface area contributed by atoms with Crippen molar-refractivity contribution in [3.63, 3.8) is 0 Å². The summed E-state index contributed by atoms with van der Waals surface area (Å²) in [5, 5.41) is 21.6. The van der Waals surface area contributed by atoms with Crippen LogP contribution in [-0.4, -0.2) is 34.8 Å². The average molecular weight is 476 g/mol. The van der Waals surface area contributed by atoms with Gasteiger partial charge in [0, 0.05) is 23.5 Å². The molecule has 0 aliphatic heterocycles. The van der Waals surface area contributed by atoms with Gasteiger partial charge in [0.1, 0.15) is 5.75 Å². The van der Waals surface area contributed by atoms with Gasteiger partial charge >= 0.3 is 0 Å². The molecule has 1 aromatic carbocycles. The Balaban J connectivity index is 1.66. The Morgan fingerprint density at radius 3 is 2.69 bits per heavy atom. The molecular weight excluding hydrogens is 446 g/mol. The third-order valence-electron chi connectivity index (χ3n) is 4.40. The molecule has 9 heteroatoms. The Kier molecular flexibility index (Phi) is 9.19. The van der Waals surface area contributed by atoms with E-state index in [0.717, 1.165) is 16.8 Å². The summed E-state index contributed by atoms with van der Waals surface area (Å²) in [6.07, 6.45) is -0.0109. The van der Waals surface area contributed by atoms with Crippen molar-refractivity contribution < 1.29 is 19.4 Å². The Morgan fingerprint density at radius 1 is 1.16 bits per heavy atom. The fourth-order valence-electron chi connectivity index (χ4n) is 2.84. The number of nitrogens with zero attached hydrogens (tertiary/aromatic N) is 1. The second-order valence-electron chi connectivity index (χ2n) is 7.72. The lowest BCUT2D eigenvalue weighted by Crippen LogP contribution is -2.28. The van der Waals surface area contributed by atoms with Gasteiger partial charge in [-0.3, -0.25) is 10.1 Å². The quantitative estimate of drug-likeness (QED) is 0.359. The van der Waals surface area contributed by atoms with E-state index in [1.807, 2.05) is 49.7 Å². The smallest absolute Gasteiger partial charge is 0.257 e. The molecule has 7 nitrogen and oxygen atoms in total. The first-order valence-corrected chi connectivity index (χ1v) is 12.2. The fourth-order valence-corrected chi connectivity index (χ4v) is 4.19. The summed E-state index contributed by atoms with van der Waals surface area (Å²) in [7, 11) is 0. The molecule has 2 aromatic heterocycles. The van der Waals surface area contributed by atoms with Crippen LogP contribution >= 0.6 is 22.7 Å². The predicted octanol–water partition coefficient (Wildman–Crippen LogP) is 4.43. The predicted molar refractivity (Wildman–Crippen MR) is 128 cm³/mol. The number of hydrogen-bond acceptors (Lipinski definition) is 8. The minimum atomic E-state index is -0.254. The number of nitrogens with one attached hydrogen (secondary N) is 2. The number of ether oxygens (including phenoxy) is 2. The van der Waals surface area contributed by atoms with Crippen molar-refractivity contribution in [1.82, 2.24) is 10.3 Å². The van der Waals surface area contributed by atoms with Gasteiger partial charge in [0.2, 0.25) is 0 Å². The van der Waals surface area contributed by atoms with Crippen LogP contribution in [-0.2, 0) is 24.5 Å². The van der Waals surface area contributed by atoms with Crippen LogP contribution in [0.15, 0.2) is 40.4 Å². The number of hydrogen-bond donors (Lipinski definition) is 3. The largest absolute Gasteiger partial charge is 0.491 e. The first kappa shape index (κ1) is 24.3. The molecule has 0 aliphatic rings. The molecule has 2 heterocycles. The van der Waals surface area contributed by atoms with Crippen molar-refractivity contribution in [3.05, 3.63) is 62.8 Å². The van der Waals surface area contributed by atoms with Gasteiger partial charge in [0.05, 0.1) is 31.6 Å². The average Bonchev–Trinajstić information content (AvgIpc) is 3.43. The lowest BCUT2D eigenvalue weighted by atomic mass is 10.1. The molecule has 3 rings (SSSR count). The second kappa shape index (κ2) is 12.1. The topological polar surface area (TPSA) is 92.7 Å². The van der Waals surface area contributed by atoms with E-state index < -0.39 is 0 Å². The van der Waals surface area contributed by atoms with Gasteiger partial charge in [-0.1, -0.05) is 0 Å². The number of benzene rings is 1. The van der Waals surface area contributed by atoms with Crippen molar-refractivity contribution in [2.24, 2.45) is 0 Å². The minimum absolute atomic E-state index is 0.0109. The SMILES string of the molecule is CC(CO)NCc1csc(NC(=O)c2cc(COCc3ccsc3)cc(OC(C)C)c2)n1. The van der Waals surface area contributed by atoms with Crippen LogP contribution in [0.5, 0.6) is 5.75 Å². The molecule has 172 valence electrons. The zero-order valence-corrected chi connectivity index (χ0v) is 20.1. The molecule has 3 N–H and O–H groups in total. The van der Waals surface area contributed by atoms with Gasteiger partial charge in [-0.25, -0.2) is 4.98 Å². The van der Waals surface area contributed by atoms with E-state index in [0.29, 0.717) is 36.2 Å². The zero-order valence-electron chi connectivity index (χ0n) is 18.5. The molecule has 32 heavy (non-hydrogen) atoms. The van der Waals surface area contributed by atoms with Gasteiger partial charge in [0.25, 0.3) is 5.91 Å². The molecule has 1 atom stereocenters. The number of carbonyl (C=O) groups is 1. The van der Waals surface area contributed by atoms with E-state index in [9.17, 15) is 4.79 Å². The van der Waals surface area contributed by atoms with E-state index in [4.69, 9.17) is 14.6 Å². The van der Waals surface area contributed by atoms with Crippen LogP contribution in [0.25, 0.3) is 0 Å². The Labute approximate surface area is 196 Å². The molecule has 0 spiro atoms. The number of thiazole rings is 1. The molecule has 0 bridgehead atoms. The van der Waals surface area contributed by atoms with Crippen LogP contribution in [0.2, 0.25) is 0 Å². The van der Waals surface area contributed by atoms with E-state index in [-0.39, 0.29) is 24.7 Å². The number of aromatic nitrogens is 1. The summed E-state index contributed by atoms with van der Waals surface area (Å²) in [5.41, 5.74) is 3.29. The highest BCUT2D eigenvalue weighted by Gasteiger charge is 2.13. The summed E-state index contributed by atoms with van der Waals surface area (Å²) in [4.78, 5) is 17.3. The third kappa shape index (κ3) is 7.68. The maximum Gasteiger partial charge on any atom is 0.257 e. The van der Waals surface area contributed by atoms with Crippen LogP contribution in [0.1, 0.15) is 48.0 Å². The molecular formula is C23H29N3O4S2. The van der Waals surface area contributed by atoms with Gasteiger partial charge < -0.3 is 19.9 Å². The zero-order chi connectivity index (χ0) is 22.9. The number of carbonyl (C=O) groups excluding carboxylic acids is 1. The van der Waals surface area contributed by atoms with Crippen LogP contribution < -0.4 is 15.4 Å². The van der Waals surface area contributed by atoms with Crippen molar-refractivity contribution in [2.45, 2.75) is 52.7 Å². The van der Waals surface area contributed by atoms with Crippen molar-refractivity contribution in [2.75, 3.05) is 11.9 Å². The van der Waals surface area contributed by atoms with Crippen LogP contribution in [0, 0.1) is 0 Å². The highest BCUT2D eigenvalue weighted by molar-refractivity contribution is 7.14. The lowest BCUT2D eigenvalue weighted by Gasteiger charge is -2.13. The highest BCUT2D eigenvalue weighted by atomic mass is 32.1. The Morgan fingerprint density at radius 2 is 1.97 bits per heavy atom. The Hall–Kier alpha value is -2.30. The van der Waals surface area contributed by atoms with E-state index in [2.05, 4.69) is 21.0 Å². The van der Waals surface area contributed by atoms with E-state index >= 15 is 0 Å². The standard InChI is InChI=1S/C23H29N3O4S2/c1-15(2)30-21-7-18(12-29-11-17-4-5-31-13-17)6-19(8-21)22(28)26-23-25-20(14-32-23)9-24-16(3)10-27/h4-8,13-16,24,27H,9-12H2,1-3H3,(H,25,26,28). The Bertz CT molecular complexity index is 989. The molecule has 0 saturated carbocycles. The number of aliphatic hydroxyl groups excluding tert-OH is 1.